The molecule has 1 aliphatic heterocycles. The van der Waals surface area contributed by atoms with Gasteiger partial charge in [-0.05, 0) is 26.9 Å². The average molecular weight is 303 g/mol. The molecule has 0 amide bonds. The van der Waals surface area contributed by atoms with Crippen molar-refractivity contribution in [2.45, 2.75) is 25.9 Å². The number of hydrogen-bond acceptors (Lipinski definition) is 6. The van der Waals surface area contributed by atoms with Crippen LogP contribution in [0.4, 0.5) is 0 Å². The Hall–Kier alpha value is -0.500. The molecule has 1 N–H and O–H groups in total. The zero-order chi connectivity index (χ0) is 13.9. The van der Waals surface area contributed by atoms with Gasteiger partial charge in [-0.3, -0.25) is 0 Å². The third-order valence-corrected chi connectivity index (χ3v) is 5.82. The molecule has 0 aromatic carbocycles. The lowest BCUT2D eigenvalue weighted by atomic mass is 10.2. The van der Waals surface area contributed by atoms with Crippen molar-refractivity contribution in [2.75, 3.05) is 31.6 Å². The molecule has 19 heavy (non-hydrogen) atoms. The summed E-state index contributed by atoms with van der Waals surface area (Å²) in [6, 6.07) is 0.0957. The second-order valence-electron chi connectivity index (χ2n) is 5.15. The molecule has 0 saturated carbocycles. The van der Waals surface area contributed by atoms with Crippen LogP contribution in [0.2, 0.25) is 0 Å². The van der Waals surface area contributed by atoms with Crippen molar-refractivity contribution in [3.05, 3.63) is 16.1 Å². The Morgan fingerprint density at radius 3 is 3.00 bits per heavy atom. The van der Waals surface area contributed by atoms with Gasteiger partial charge >= 0.3 is 0 Å². The van der Waals surface area contributed by atoms with Crippen LogP contribution < -0.4 is 5.32 Å². The van der Waals surface area contributed by atoms with Crippen molar-refractivity contribution in [3.63, 3.8) is 0 Å². The standard InChI is InChI=1S/C12H21N3O2S2/c1-10-14-12(8-18-10)7-15(2)5-3-11-9-19(16,17)6-4-13-11/h8,11,13H,3-7,9H2,1-2H3. The van der Waals surface area contributed by atoms with Gasteiger partial charge in [0.2, 0.25) is 0 Å². The van der Waals surface area contributed by atoms with E-state index in [9.17, 15) is 8.42 Å². The molecule has 1 aromatic heterocycles. The van der Waals surface area contributed by atoms with Crippen molar-refractivity contribution < 1.29 is 8.42 Å². The minimum Gasteiger partial charge on any atom is -0.312 e. The zero-order valence-electron chi connectivity index (χ0n) is 11.4. The van der Waals surface area contributed by atoms with E-state index in [0.29, 0.717) is 6.54 Å². The van der Waals surface area contributed by atoms with Gasteiger partial charge in [-0.25, -0.2) is 13.4 Å². The minimum atomic E-state index is -2.83. The first-order valence-corrected chi connectivity index (χ1v) is 9.18. The monoisotopic (exact) mass is 303 g/mol. The van der Waals surface area contributed by atoms with E-state index >= 15 is 0 Å². The molecule has 1 atom stereocenters. The van der Waals surface area contributed by atoms with E-state index in [2.05, 4.69) is 20.6 Å². The molecule has 0 spiro atoms. The molecule has 2 heterocycles. The number of nitrogens with zero attached hydrogens (tertiary/aromatic N) is 2. The number of sulfone groups is 1. The lowest BCUT2D eigenvalue weighted by Gasteiger charge is -2.25. The summed E-state index contributed by atoms with van der Waals surface area (Å²) in [5.74, 6) is 0.550. The summed E-state index contributed by atoms with van der Waals surface area (Å²) in [5, 5.41) is 6.44. The molecule has 1 fully saturated rings. The number of aromatic nitrogens is 1. The van der Waals surface area contributed by atoms with E-state index in [1.54, 1.807) is 11.3 Å². The summed E-state index contributed by atoms with van der Waals surface area (Å²) < 4.78 is 23.1. The SMILES string of the molecule is Cc1nc(CN(C)CCC2CS(=O)(=O)CCN2)cs1. The molecule has 1 aliphatic rings. The largest absolute Gasteiger partial charge is 0.312 e. The maximum Gasteiger partial charge on any atom is 0.153 e. The predicted molar refractivity (Wildman–Crippen MR) is 78.2 cm³/mol. The van der Waals surface area contributed by atoms with Gasteiger partial charge in [0, 0.05) is 24.5 Å². The third kappa shape index (κ3) is 4.83. The average Bonchev–Trinajstić information content (AvgIpc) is 2.71. The molecule has 1 unspecified atom stereocenters. The number of nitrogens with one attached hydrogen (secondary N) is 1. The van der Waals surface area contributed by atoms with E-state index in [0.717, 1.165) is 30.2 Å². The molecule has 5 nitrogen and oxygen atoms in total. The van der Waals surface area contributed by atoms with Gasteiger partial charge < -0.3 is 10.2 Å². The Kier molecular flexibility index (Phi) is 4.94. The first kappa shape index (κ1) is 14.9. The van der Waals surface area contributed by atoms with Crippen LogP contribution in [0.1, 0.15) is 17.1 Å². The number of rotatable bonds is 5. The summed E-state index contributed by atoms with van der Waals surface area (Å²) in [6.45, 7) is 4.29. The molecule has 1 aromatic rings. The summed E-state index contributed by atoms with van der Waals surface area (Å²) in [6.07, 6.45) is 0.860. The Bertz CT molecular complexity index is 513. The summed E-state index contributed by atoms with van der Waals surface area (Å²) in [4.78, 5) is 6.63. The van der Waals surface area contributed by atoms with E-state index in [4.69, 9.17) is 0 Å². The van der Waals surface area contributed by atoms with Crippen molar-refractivity contribution in [3.8, 4) is 0 Å². The van der Waals surface area contributed by atoms with Crippen LogP contribution in [-0.2, 0) is 16.4 Å². The Morgan fingerprint density at radius 1 is 1.58 bits per heavy atom. The Balaban J connectivity index is 1.75. The molecule has 108 valence electrons. The highest BCUT2D eigenvalue weighted by Gasteiger charge is 2.24. The molecule has 0 radical (unpaired) electrons. The topological polar surface area (TPSA) is 62.3 Å². The zero-order valence-corrected chi connectivity index (χ0v) is 13.1. The third-order valence-electron chi connectivity index (χ3n) is 3.26. The van der Waals surface area contributed by atoms with Gasteiger partial charge in [-0.2, -0.15) is 0 Å². The summed E-state index contributed by atoms with van der Waals surface area (Å²) in [5.41, 5.74) is 1.09. The van der Waals surface area contributed by atoms with Gasteiger partial charge in [-0.1, -0.05) is 0 Å². The fourth-order valence-electron chi connectivity index (χ4n) is 2.27. The maximum atomic E-state index is 11.5. The summed E-state index contributed by atoms with van der Waals surface area (Å²) in [7, 11) is -0.779. The molecule has 1 saturated heterocycles. The van der Waals surface area contributed by atoms with E-state index < -0.39 is 9.84 Å². The van der Waals surface area contributed by atoms with Crippen LogP contribution in [-0.4, -0.2) is 56.0 Å². The maximum absolute atomic E-state index is 11.5. The van der Waals surface area contributed by atoms with E-state index in [-0.39, 0.29) is 17.5 Å². The molecule has 0 bridgehead atoms. The van der Waals surface area contributed by atoms with Crippen molar-refractivity contribution >= 4 is 21.2 Å². The van der Waals surface area contributed by atoms with Gasteiger partial charge in [0.15, 0.2) is 9.84 Å². The summed E-state index contributed by atoms with van der Waals surface area (Å²) >= 11 is 1.66. The second-order valence-corrected chi connectivity index (χ2v) is 8.44. The number of aryl methyl sites for hydroxylation is 1. The van der Waals surface area contributed by atoms with Crippen LogP contribution in [0.15, 0.2) is 5.38 Å². The molecular formula is C12H21N3O2S2. The lowest BCUT2D eigenvalue weighted by Crippen LogP contribution is -2.46. The number of hydrogen-bond donors (Lipinski definition) is 1. The second kappa shape index (κ2) is 6.30. The van der Waals surface area contributed by atoms with Crippen LogP contribution >= 0.6 is 11.3 Å². The van der Waals surface area contributed by atoms with E-state index in [1.807, 2.05) is 14.0 Å². The first-order chi connectivity index (χ1) is 8.94. The normalized spacial score (nSPS) is 22.8. The molecule has 2 rings (SSSR count). The molecular weight excluding hydrogens is 282 g/mol. The molecule has 7 heteroatoms. The highest BCUT2D eigenvalue weighted by molar-refractivity contribution is 7.91. The Morgan fingerprint density at radius 2 is 2.37 bits per heavy atom. The van der Waals surface area contributed by atoms with Crippen LogP contribution in [0.25, 0.3) is 0 Å². The smallest absolute Gasteiger partial charge is 0.153 e. The Labute approximate surface area is 119 Å². The van der Waals surface area contributed by atoms with Gasteiger partial charge in [-0.15, -0.1) is 11.3 Å². The van der Waals surface area contributed by atoms with Crippen LogP contribution in [0, 0.1) is 6.92 Å². The van der Waals surface area contributed by atoms with E-state index in [1.165, 1.54) is 0 Å². The predicted octanol–water partition coefficient (Wildman–Crippen LogP) is 0.660. The minimum absolute atomic E-state index is 0.0957. The fourth-order valence-corrected chi connectivity index (χ4v) is 4.36. The highest BCUT2D eigenvalue weighted by atomic mass is 32.2. The first-order valence-electron chi connectivity index (χ1n) is 6.48. The van der Waals surface area contributed by atoms with Gasteiger partial charge in [0.25, 0.3) is 0 Å². The quantitative estimate of drug-likeness (QED) is 0.866. The lowest BCUT2D eigenvalue weighted by molar-refractivity contribution is 0.301. The van der Waals surface area contributed by atoms with Crippen molar-refractivity contribution in [1.29, 1.82) is 0 Å². The van der Waals surface area contributed by atoms with Crippen molar-refractivity contribution in [1.82, 2.24) is 15.2 Å². The number of thiazole rings is 1. The van der Waals surface area contributed by atoms with Crippen molar-refractivity contribution in [2.24, 2.45) is 0 Å². The fraction of sp³-hybridized carbons (Fsp3) is 0.750. The highest BCUT2D eigenvalue weighted by Crippen LogP contribution is 2.11. The van der Waals surface area contributed by atoms with Gasteiger partial charge in [0.1, 0.15) is 0 Å². The van der Waals surface area contributed by atoms with Crippen LogP contribution in [0.5, 0.6) is 0 Å². The molecule has 0 aliphatic carbocycles. The van der Waals surface area contributed by atoms with Gasteiger partial charge in [0.05, 0.1) is 22.2 Å². The van der Waals surface area contributed by atoms with Crippen LogP contribution in [0.3, 0.4) is 0 Å².